The number of rotatable bonds is 7. The first kappa shape index (κ1) is 18.6. The SMILES string of the molecule is CCOC(=O)CN(CC(=O)NC(=O)NC)Cc1ccc(F)cc1. The lowest BCUT2D eigenvalue weighted by Crippen LogP contribution is -2.44. The number of ether oxygens (including phenoxy) is 1. The molecule has 7 nitrogen and oxygen atoms in total. The molecule has 0 aliphatic carbocycles. The summed E-state index contributed by atoms with van der Waals surface area (Å²) in [6.45, 7) is 1.85. The average molecular weight is 325 g/mol. The second-order valence-corrected chi connectivity index (χ2v) is 4.70. The van der Waals surface area contributed by atoms with Gasteiger partial charge in [-0.05, 0) is 24.6 Å². The summed E-state index contributed by atoms with van der Waals surface area (Å²) in [5.74, 6) is -1.42. The Morgan fingerprint density at radius 1 is 1.17 bits per heavy atom. The van der Waals surface area contributed by atoms with Crippen LogP contribution < -0.4 is 10.6 Å². The third-order valence-electron chi connectivity index (χ3n) is 2.82. The van der Waals surface area contributed by atoms with Crippen LogP contribution in [0.15, 0.2) is 24.3 Å². The largest absolute Gasteiger partial charge is 0.465 e. The van der Waals surface area contributed by atoms with Gasteiger partial charge in [0.05, 0.1) is 19.7 Å². The van der Waals surface area contributed by atoms with Gasteiger partial charge in [-0.1, -0.05) is 12.1 Å². The number of nitrogens with one attached hydrogen (secondary N) is 2. The lowest BCUT2D eigenvalue weighted by Gasteiger charge is -2.20. The molecule has 23 heavy (non-hydrogen) atoms. The van der Waals surface area contributed by atoms with Crippen LogP contribution in [0.3, 0.4) is 0 Å². The maximum atomic E-state index is 12.9. The number of carbonyl (C=O) groups excluding carboxylic acids is 3. The van der Waals surface area contributed by atoms with Crippen molar-refractivity contribution < 1.29 is 23.5 Å². The van der Waals surface area contributed by atoms with Crippen molar-refractivity contribution in [1.29, 1.82) is 0 Å². The summed E-state index contributed by atoms with van der Waals surface area (Å²) >= 11 is 0. The third kappa shape index (κ3) is 7.37. The van der Waals surface area contributed by atoms with Gasteiger partial charge >= 0.3 is 12.0 Å². The van der Waals surface area contributed by atoms with Crippen LogP contribution in [-0.2, 0) is 20.9 Å². The summed E-state index contributed by atoms with van der Waals surface area (Å²) in [4.78, 5) is 36.0. The Balaban J connectivity index is 2.71. The molecule has 0 radical (unpaired) electrons. The van der Waals surface area contributed by atoms with E-state index in [1.807, 2.05) is 0 Å². The molecule has 0 atom stereocenters. The zero-order chi connectivity index (χ0) is 17.2. The van der Waals surface area contributed by atoms with Crippen molar-refractivity contribution in [2.24, 2.45) is 0 Å². The first-order valence-electron chi connectivity index (χ1n) is 7.08. The van der Waals surface area contributed by atoms with Crippen LogP contribution in [0.2, 0.25) is 0 Å². The molecule has 0 unspecified atom stereocenters. The number of amides is 3. The zero-order valence-corrected chi connectivity index (χ0v) is 13.1. The highest BCUT2D eigenvalue weighted by molar-refractivity contribution is 5.95. The van der Waals surface area contributed by atoms with E-state index >= 15 is 0 Å². The van der Waals surface area contributed by atoms with Crippen molar-refractivity contribution >= 4 is 17.9 Å². The molecule has 2 N–H and O–H groups in total. The van der Waals surface area contributed by atoms with Crippen molar-refractivity contribution in [3.05, 3.63) is 35.6 Å². The summed E-state index contributed by atoms with van der Waals surface area (Å²) in [6, 6.07) is 5.08. The number of nitrogens with zero attached hydrogens (tertiary/aromatic N) is 1. The molecule has 0 aliphatic heterocycles. The Labute approximate surface area is 133 Å². The van der Waals surface area contributed by atoms with Gasteiger partial charge in [-0.3, -0.25) is 19.8 Å². The molecule has 8 heteroatoms. The summed E-state index contributed by atoms with van der Waals surface area (Å²) in [7, 11) is 1.39. The summed E-state index contributed by atoms with van der Waals surface area (Å²) in [5.41, 5.74) is 0.725. The van der Waals surface area contributed by atoms with Crippen molar-refractivity contribution in [3.63, 3.8) is 0 Å². The van der Waals surface area contributed by atoms with Gasteiger partial charge < -0.3 is 10.1 Å². The molecule has 1 rings (SSSR count). The molecule has 0 aliphatic rings. The number of halogens is 1. The molecule has 0 aromatic heterocycles. The summed E-state index contributed by atoms with van der Waals surface area (Å²) in [5, 5.41) is 4.38. The van der Waals surface area contributed by atoms with E-state index in [1.165, 1.54) is 24.1 Å². The van der Waals surface area contributed by atoms with Crippen molar-refractivity contribution in [2.75, 3.05) is 26.7 Å². The maximum absolute atomic E-state index is 12.9. The predicted molar refractivity (Wildman–Crippen MR) is 80.9 cm³/mol. The van der Waals surface area contributed by atoms with E-state index < -0.39 is 17.9 Å². The average Bonchev–Trinajstić information content (AvgIpc) is 2.49. The summed E-state index contributed by atoms with van der Waals surface area (Å²) < 4.78 is 17.8. The topological polar surface area (TPSA) is 87.7 Å². The van der Waals surface area contributed by atoms with Crippen LogP contribution in [0.5, 0.6) is 0 Å². The molecule has 1 aromatic carbocycles. The molecule has 0 fully saturated rings. The number of benzene rings is 1. The third-order valence-corrected chi connectivity index (χ3v) is 2.82. The highest BCUT2D eigenvalue weighted by atomic mass is 19.1. The Kier molecular flexibility index (Phi) is 7.69. The van der Waals surface area contributed by atoms with E-state index in [0.29, 0.717) is 0 Å². The van der Waals surface area contributed by atoms with Crippen LogP contribution in [0.4, 0.5) is 9.18 Å². The molecule has 0 bridgehead atoms. The van der Waals surface area contributed by atoms with Crippen LogP contribution >= 0.6 is 0 Å². The maximum Gasteiger partial charge on any atom is 0.321 e. The number of carbonyl (C=O) groups is 3. The van der Waals surface area contributed by atoms with Crippen LogP contribution in [0.25, 0.3) is 0 Å². The molecule has 1 aromatic rings. The fourth-order valence-corrected chi connectivity index (χ4v) is 1.84. The smallest absolute Gasteiger partial charge is 0.321 e. The predicted octanol–water partition coefficient (Wildman–Crippen LogP) is 0.646. The van der Waals surface area contributed by atoms with Gasteiger partial charge in [0, 0.05) is 13.6 Å². The number of urea groups is 1. The van der Waals surface area contributed by atoms with Gasteiger partial charge in [0.2, 0.25) is 5.91 Å². The molecule has 0 spiro atoms. The first-order chi connectivity index (χ1) is 10.9. The van der Waals surface area contributed by atoms with Crippen molar-refractivity contribution in [1.82, 2.24) is 15.5 Å². The quantitative estimate of drug-likeness (QED) is 0.719. The number of hydrogen-bond acceptors (Lipinski definition) is 5. The number of esters is 1. The Morgan fingerprint density at radius 3 is 2.39 bits per heavy atom. The standard InChI is InChI=1S/C15H20FN3O4/c1-3-23-14(21)10-19(9-13(20)18-15(22)17-2)8-11-4-6-12(16)7-5-11/h4-7H,3,8-10H2,1-2H3,(H2,17,18,20,22). The minimum absolute atomic E-state index is 0.119. The number of imide groups is 1. The zero-order valence-electron chi connectivity index (χ0n) is 13.1. The highest BCUT2D eigenvalue weighted by Crippen LogP contribution is 2.07. The molecule has 0 saturated carbocycles. The van der Waals surface area contributed by atoms with E-state index in [9.17, 15) is 18.8 Å². The second kappa shape index (κ2) is 9.52. The first-order valence-corrected chi connectivity index (χ1v) is 7.08. The van der Waals surface area contributed by atoms with E-state index in [2.05, 4.69) is 10.6 Å². The van der Waals surface area contributed by atoms with Gasteiger partial charge in [-0.15, -0.1) is 0 Å². The fourth-order valence-electron chi connectivity index (χ4n) is 1.84. The molecule has 3 amide bonds. The summed E-state index contributed by atoms with van der Waals surface area (Å²) in [6.07, 6.45) is 0. The molecule has 126 valence electrons. The van der Waals surface area contributed by atoms with E-state index in [1.54, 1.807) is 19.1 Å². The van der Waals surface area contributed by atoms with Gasteiger partial charge in [0.25, 0.3) is 0 Å². The minimum Gasteiger partial charge on any atom is -0.465 e. The Hall–Kier alpha value is -2.48. The Morgan fingerprint density at radius 2 is 1.83 bits per heavy atom. The van der Waals surface area contributed by atoms with Crippen LogP contribution in [0, 0.1) is 5.82 Å². The minimum atomic E-state index is -0.632. The molecule has 0 heterocycles. The second-order valence-electron chi connectivity index (χ2n) is 4.70. The van der Waals surface area contributed by atoms with Crippen molar-refractivity contribution in [2.45, 2.75) is 13.5 Å². The van der Waals surface area contributed by atoms with Crippen LogP contribution in [0.1, 0.15) is 12.5 Å². The van der Waals surface area contributed by atoms with Crippen molar-refractivity contribution in [3.8, 4) is 0 Å². The lowest BCUT2D eigenvalue weighted by molar-refractivity contribution is -0.144. The van der Waals surface area contributed by atoms with Gasteiger partial charge in [-0.25, -0.2) is 9.18 Å². The van der Waals surface area contributed by atoms with E-state index in [-0.39, 0.29) is 32.1 Å². The Bertz CT molecular complexity index is 548. The molecule has 0 saturated heterocycles. The highest BCUT2D eigenvalue weighted by Gasteiger charge is 2.17. The van der Waals surface area contributed by atoms with Gasteiger partial charge in [0.1, 0.15) is 5.82 Å². The molecular weight excluding hydrogens is 305 g/mol. The van der Waals surface area contributed by atoms with E-state index in [0.717, 1.165) is 5.56 Å². The van der Waals surface area contributed by atoms with Crippen LogP contribution in [-0.4, -0.2) is 49.6 Å². The van der Waals surface area contributed by atoms with E-state index in [4.69, 9.17) is 4.74 Å². The monoisotopic (exact) mass is 325 g/mol. The van der Waals surface area contributed by atoms with Gasteiger partial charge in [0.15, 0.2) is 0 Å². The van der Waals surface area contributed by atoms with Gasteiger partial charge in [-0.2, -0.15) is 0 Å². The molecular formula is C15H20FN3O4. The fraction of sp³-hybridized carbons (Fsp3) is 0.400. The lowest BCUT2D eigenvalue weighted by atomic mass is 10.2. The normalized spacial score (nSPS) is 10.3. The number of hydrogen-bond donors (Lipinski definition) is 2.